The van der Waals surface area contributed by atoms with Gasteiger partial charge in [0, 0.05) is 22.3 Å². The van der Waals surface area contributed by atoms with Gasteiger partial charge in [-0.2, -0.15) is 0 Å². The normalized spacial score (nSPS) is 10.8. The number of ketones is 2. The molecule has 0 atom stereocenters. The van der Waals surface area contributed by atoms with Crippen LogP contribution in [0.1, 0.15) is 40.3 Å². The van der Waals surface area contributed by atoms with Crippen molar-refractivity contribution in [1.29, 1.82) is 0 Å². The minimum atomic E-state index is -0.0726. The first-order valence-electron chi connectivity index (χ1n) is 7.76. The van der Waals surface area contributed by atoms with E-state index in [1.54, 1.807) is 13.0 Å². The van der Waals surface area contributed by atoms with Crippen LogP contribution in [-0.4, -0.2) is 23.2 Å². The quantitative estimate of drug-likeness (QED) is 0.671. The van der Waals surface area contributed by atoms with Gasteiger partial charge in [-0.15, -0.1) is 0 Å². The molecule has 122 valence electrons. The number of carbonyl (C=O) groups excluding carboxylic acids is 2. The van der Waals surface area contributed by atoms with E-state index in [-0.39, 0.29) is 11.6 Å². The van der Waals surface area contributed by atoms with E-state index >= 15 is 0 Å². The highest BCUT2D eigenvalue weighted by Gasteiger charge is 2.21. The van der Waals surface area contributed by atoms with Crippen LogP contribution < -0.4 is 4.74 Å². The van der Waals surface area contributed by atoms with Crippen LogP contribution in [-0.2, 0) is 0 Å². The van der Waals surface area contributed by atoms with Gasteiger partial charge in [0.05, 0.1) is 18.2 Å². The van der Waals surface area contributed by atoms with E-state index in [1.165, 1.54) is 14.0 Å². The fraction of sp³-hybridized carbons (Fsp3) is 0.200. The zero-order valence-corrected chi connectivity index (χ0v) is 14.2. The van der Waals surface area contributed by atoms with Crippen molar-refractivity contribution in [3.8, 4) is 11.4 Å². The molecule has 0 unspecified atom stereocenters. The minimum Gasteiger partial charge on any atom is -0.496 e. The van der Waals surface area contributed by atoms with Crippen LogP contribution in [0.4, 0.5) is 0 Å². The smallest absolute Gasteiger partial charge is 0.163 e. The molecule has 0 N–H and O–H groups in total. The van der Waals surface area contributed by atoms with Crippen molar-refractivity contribution in [2.45, 2.75) is 20.8 Å². The predicted molar refractivity (Wildman–Crippen MR) is 94.6 cm³/mol. The lowest BCUT2D eigenvalue weighted by Crippen LogP contribution is -2.00. The van der Waals surface area contributed by atoms with Crippen molar-refractivity contribution in [1.82, 2.24) is 4.57 Å². The Bertz CT molecular complexity index is 952. The lowest BCUT2D eigenvalue weighted by Gasteiger charge is -2.10. The average Bonchev–Trinajstić information content (AvgIpc) is 2.85. The van der Waals surface area contributed by atoms with E-state index < -0.39 is 0 Å². The molecule has 3 rings (SSSR count). The van der Waals surface area contributed by atoms with Crippen LogP contribution in [0.3, 0.4) is 0 Å². The Morgan fingerprint density at radius 3 is 2.21 bits per heavy atom. The summed E-state index contributed by atoms with van der Waals surface area (Å²) in [7, 11) is 1.53. The zero-order chi connectivity index (χ0) is 17.4. The van der Waals surface area contributed by atoms with Crippen LogP contribution >= 0.6 is 0 Å². The first kappa shape index (κ1) is 16.0. The molecule has 0 aliphatic rings. The molecular weight excluding hydrogens is 302 g/mol. The molecule has 0 bridgehead atoms. The summed E-state index contributed by atoms with van der Waals surface area (Å²) in [6, 6.07) is 13.4. The van der Waals surface area contributed by atoms with E-state index in [0.29, 0.717) is 16.9 Å². The predicted octanol–water partition coefficient (Wildman–Crippen LogP) is 4.35. The van der Waals surface area contributed by atoms with E-state index in [9.17, 15) is 9.59 Å². The number of Topliss-reactive ketones (excluding diaryl/α,β-unsaturated/α-hetero) is 2. The van der Waals surface area contributed by atoms with Crippen LogP contribution in [0.25, 0.3) is 16.6 Å². The molecule has 0 radical (unpaired) electrons. The SMILES string of the molecule is COc1cc2c(C(C)=O)c(C)n(-c3ccccc3)c2cc1C(C)=O. The van der Waals surface area contributed by atoms with Crippen LogP contribution in [0.15, 0.2) is 42.5 Å². The van der Waals surface area contributed by atoms with E-state index in [2.05, 4.69) is 0 Å². The third-order valence-electron chi connectivity index (χ3n) is 4.27. The lowest BCUT2D eigenvalue weighted by molar-refractivity contribution is 0.100. The molecule has 0 saturated carbocycles. The molecule has 0 aliphatic heterocycles. The maximum absolute atomic E-state index is 12.2. The summed E-state index contributed by atoms with van der Waals surface area (Å²) in [6.07, 6.45) is 0. The summed E-state index contributed by atoms with van der Waals surface area (Å²) < 4.78 is 7.37. The highest BCUT2D eigenvalue weighted by atomic mass is 16.5. The topological polar surface area (TPSA) is 48.3 Å². The molecule has 0 fully saturated rings. The number of methoxy groups -OCH3 is 1. The number of ether oxygens (including phenoxy) is 1. The van der Waals surface area contributed by atoms with Crippen molar-refractivity contribution < 1.29 is 14.3 Å². The molecule has 0 aliphatic carbocycles. The third kappa shape index (κ3) is 2.40. The Kier molecular flexibility index (Phi) is 3.97. The second kappa shape index (κ2) is 5.96. The molecule has 3 aromatic rings. The van der Waals surface area contributed by atoms with Crippen LogP contribution in [0.2, 0.25) is 0 Å². The van der Waals surface area contributed by atoms with Crippen molar-refractivity contribution in [3.63, 3.8) is 0 Å². The Balaban J connectivity index is 2.48. The third-order valence-corrected chi connectivity index (χ3v) is 4.27. The molecule has 0 saturated heterocycles. The molecule has 24 heavy (non-hydrogen) atoms. The van der Waals surface area contributed by atoms with Gasteiger partial charge >= 0.3 is 0 Å². The van der Waals surface area contributed by atoms with Crippen molar-refractivity contribution >= 4 is 22.5 Å². The molecule has 4 heteroatoms. The summed E-state index contributed by atoms with van der Waals surface area (Å²) >= 11 is 0. The van der Waals surface area contributed by atoms with Crippen molar-refractivity contribution in [2.24, 2.45) is 0 Å². The Labute approximate surface area is 140 Å². The van der Waals surface area contributed by atoms with Gasteiger partial charge in [0.1, 0.15) is 5.75 Å². The van der Waals surface area contributed by atoms with Crippen LogP contribution in [0.5, 0.6) is 5.75 Å². The van der Waals surface area contributed by atoms with E-state index in [1.807, 2.05) is 47.9 Å². The summed E-state index contributed by atoms with van der Waals surface area (Å²) in [5, 5.41) is 0.797. The second-order valence-electron chi connectivity index (χ2n) is 5.81. The number of rotatable bonds is 4. The minimum absolute atomic E-state index is 0.00944. The van der Waals surface area contributed by atoms with Gasteiger partial charge in [-0.3, -0.25) is 9.59 Å². The van der Waals surface area contributed by atoms with E-state index in [4.69, 9.17) is 4.74 Å². The maximum Gasteiger partial charge on any atom is 0.163 e. The molecule has 1 heterocycles. The fourth-order valence-corrected chi connectivity index (χ4v) is 3.24. The maximum atomic E-state index is 12.2. The first-order valence-corrected chi connectivity index (χ1v) is 7.76. The van der Waals surface area contributed by atoms with E-state index in [0.717, 1.165) is 22.3 Å². The van der Waals surface area contributed by atoms with Gasteiger partial charge in [0.15, 0.2) is 11.6 Å². The second-order valence-corrected chi connectivity index (χ2v) is 5.81. The van der Waals surface area contributed by atoms with Gasteiger partial charge in [-0.25, -0.2) is 0 Å². The van der Waals surface area contributed by atoms with Crippen molar-refractivity contribution in [2.75, 3.05) is 7.11 Å². The van der Waals surface area contributed by atoms with Crippen LogP contribution in [0, 0.1) is 6.92 Å². The zero-order valence-electron chi connectivity index (χ0n) is 14.2. The Morgan fingerprint density at radius 2 is 1.67 bits per heavy atom. The summed E-state index contributed by atoms with van der Waals surface area (Å²) in [5.74, 6) is 0.407. The Morgan fingerprint density at radius 1 is 1.00 bits per heavy atom. The molecule has 2 aromatic carbocycles. The fourth-order valence-electron chi connectivity index (χ4n) is 3.24. The number of fused-ring (bicyclic) bond motifs is 1. The lowest BCUT2D eigenvalue weighted by atomic mass is 10.0. The van der Waals surface area contributed by atoms with Gasteiger partial charge in [0.2, 0.25) is 0 Å². The largest absolute Gasteiger partial charge is 0.496 e. The number of benzene rings is 2. The first-order chi connectivity index (χ1) is 11.5. The van der Waals surface area contributed by atoms with Gasteiger partial charge in [-0.1, -0.05) is 18.2 Å². The molecule has 0 amide bonds. The highest BCUT2D eigenvalue weighted by Crippen LogP contribution is 2.34. The summed E-state index contributed by atoms with van der Waals surface area (Å²) in [4.78, 5) is 24.2. The number of aromatic nitrogens is 1. The number of hydrogen-bond acceptors (Lipinski definition) is 3. The number of carbonyl (C=O) groups is 2. The van der Waals surface area contributed by atoms with Gasteiger partial charge in [0.25, 0.3) is 0 Å². The number of para-hydroxylation sites is 1. The summed E-state index contributed by atoms with van der Waals surface area (Å²) in [5.41, 5.74) is 3.80. The summed E-state index contributed by atoms with van der Waals surface area (Å²) in [6.45, 7) is 4.99. The molecule has 1 aromatic heterocycles. The highest BCUT2D eigenvalue weighted by molar-refractivity contribution is 6.11. The molecule has 4 nitrogen and oxygen atoms in total. The van der Waals surface area contributed by atoms with Gasteiger partial charge < -0.3 is 9.30 Å². The number of nitrogens with zero attached hydrogens (tertiary/aromatic N) is 1. The standard InChI is InChI=1S/C20H19NO3/c1-12-20(14(3)23)17-11-19(24-4)16(13(2)22)10-18(17)21(12)15-8-6-5-7-9-15/h5-11H,1-4H3. The number of hydrogen-bond donors (Lipinski definition) is 0. The average molecular weight is 321 g/mol. The monoisotopic (exact) mass is 321 g/mol. The molecule has 0 spiro atoms. The van der Waals surface area contributed by atoms with Gasteiger partial charge in [-0.05, 0) is 45.0 Å². The Hall–Kier alpha value is -2.88. The molecular formula is C20H19NO3. The van der Waals surface area contributed by atoms with Crippen molar-refractivity contribution in [3.05, 3.63) is 59.3 Å².